The van der Waals surface area contributed by atoms with Gasteiger partial charge in [-0.25, -0.2) is 4.79 Å². The highest BCUT2D eigenvalue weighted by Gasteiger charge is 2.78. The summed E-state index contributed by atoms with van der Waals surface area (Å²) in [6.45, 7) is 18.7. The highest BCUT2D eigenvalue weighted by molar-refractivity contribution is 6.69. The van der Waals surface area contributed by atoms with Crippen molar-refractivity contribution in [2.45, 2.75) is 104 Å². The van der Waals surface area contributed by atoms with E-state index in [1.807, 2.05) is 13.8 Å². The molecule has 0 amide bonds. The molecule has 7 nitrogen and oxygen atoms in total. The topological polar surface area (TPSA) is 91.3 Å². The third kappa shape index (κ3) is 2.80. The first-order valence-electron chi connectivity index (χ1n) is 12.7. The number of carbonyl (C=O) groups excluding carboxylic acids is 2. The molecule has 0 aromatic carbocycles. The summed E-state index contributed by atoms with van der Waals surface area (Å²) in [5, 5.41) is 12.0. The second-order valence-electron chi connectivity index (χ2n) is 13.2. The van der Waals surface area contributed by atoms with Gasteiger partial charge in [-0.15, -0.1) is 0 Å². The van der Waals surface area contributed by atoms with Gasteiger partial charge >= 0.3 is 6.16 Å². The first-order valence-corrected chi connectivity index (χ1v) is 16.1. The zero-order chi connectivity index (χ0) is 25.2. The highest BCUT2D eigenvalue weighted by atomic mass is 28.4. The van der Waals surface area contributed by atoms with Crippen molar-refractivity contribution in [2.24, 2.45) is 28.6 Å². The fourth-order valence-electron chi connectivity index (χ4n) is 8.32. The fraction of sp³-hybridized carbons (Fsp3) is 0.846. The lowest BCUT2D eigenvalue weighted by Crippen LogP contribution is -2.78. The van der Waals surface area contributed by atoms with E-state index >= 15 is 0 Å². The Hall–Kier alpha value is -1.22. The van der Waals surface area contributed by atoms with Gasteiger partial charge in [0.05, 0.1) is 18.8 Å². The molecule has 2 saturated heterocycles. The molecule has 2 aliphatic heterocycles. The standard InChI is InChI=1S/C26H40O7Si/c1-13-10-17-25(29,12-30-17)19-21-26(32-22(28)31-21)11-16(33-34(7,8)9)14(2)18(23(26,4)5)15(3)20(27)24(13,19)6/h13,15-17,19,21,29H,10-12H2,1-9H3/t13-,15+,16-,17+,19?,21-,24+,25-,26+/m0/s1. The van der Waals surface area contributed by atoms with Gasteiger partial charge in [-0.3, -0.25) is 4.79 Å². The monoisotopic (exact) mass is 492 g/mol. The van der Waals surface area contributed by atoms with Gasteiger partial charge in [0.1, 0.15) is 11.4 Å². The number of aliphatic hydroxyl groups is 1. The van der Waals surface area contributed by atoms with Crippen molar-refractivity contribution in [2.75, 3.05) is 6.61 Å². The van der Waals surface area contributed by atoms with E-state index in [-0.39, 0.29) is 30.5 Å². The number of rotatable bonds is 2. The van der Waals surface area contributed by atoms with E-state index < -0.39 is 54.4 Å². The fourth-order valence-corrected chi connectivity index (χ4v) is 9.44. The van der Waals surface area contributed by atoms with Crippen LogP contribution in [0, 0.1) is 28.6 Å². The van der Waals surface area contributed by atoms with Crippen molar-refractivity contribution < 1.29 is 33.3 Å². The average molecular weight is 493 g/mol. The summed E-state index contributed by atoms with van der Waals surface area (Å²) < 4.78 is 24.7. The summed E-state index contributed by atoms with van der Waals surface area (Å²) in [7, 11) is -1.97. The number of carbonyl (C=O) groups is 2. The van der Waals surface area contributed by atoms with Gasteiger partial charge in [0.2, 0.25) is 0 Å². The van der Waals surface area contributed by atoms with Crippen molar-refractivity contribution in [3.8, 4) is 0 Å². The number of fused-ring (bicyclic) bond motifs is 5. The van der Waals surface area contributed by atoms with Crippen molar-refractivity contribution in [1.82, 2.24) is 0 Å². The molecule has 8 heteroatoms. The SMILES string of the molecule is CC1=C2[C@@H](C)C(=O)[C@@]3(C)C([C@@H]4OC(=O)O[C@@]4(C[C@@H]1O[Si](C)(C)C)C2(C)C)[C@]1(O)CO[C@@H]1C[C@@H]3C. The van der Waals surface area contributed by atoms with Crippen LogP contribution in [0.1, 0.15) is 54.4 Å². The quantitative estimate of drug-likeness (QED) is 0.350. The molecule has 190 valence electrons. The van der Waals surface area contributed by atoms with Crippen molar-refractivity contribution in [3.05, 3.63) is 11.1 Å². The molecular weight excluding hydrogens is 452 g/mol. The van der Waals surface area contributed by atoms with Crippen LogP contribution in [0.2, 0.25) is 19.6 Å². The van der Waals surface area contributed by atoms with E-state index in [4.69, 9.17) is 18.6 Å². The van der Waals surface area contributed by atoms with E-state index in [0.717, 1.165) is 11.1 Å². The zero-order valence-electron chi connectivity index (χ0n) is 22.0. The van der Waals surface area contributed by atoms with Crippen LogP contribution in [-0.4, -0.2) is 61.5 Å². The summed E-state index contributed by atoms with van der Waals surface area (Å²) in [6.07, 6.45) is -1.14. The van der Waals surface area contributed by atoms with Gasteiger partial charge < -0.3 is 23.7 Å². The maximum absolute atomic E-state index is 14.5. The smallest absolute Gasteiger partial charge is 0.426 e. The Morgan fingerprint density at radius 3 is 2.32 bits per heavy atom. The Bertz CT molecular complexity index is 982. The zero-order valence-corrected chi connectivity index (χ0v) is 23.0. The molecule has 1 spiro atoms. The lowest BCUT2D eigenvalue weighted by atomic mass is 9.42. The summed E-state index contributed by atoms with van der Waals surface area (Å²) in [4.78, 5) is 27.4. The first-order chi connectivity index (χ1) is 15.5. The second-order valence-corrected chi connectivity index (χ2v) is 17.7. The molecule has 2 bridgehead atoms. The highest BCUT2D eigenvalue weighted by Crippen LogP contribution is 2.67. The second kappa shape index (κ2) is 6.96. The van der Waals surface area contributed by atoms with Crippen LogP contribution >= 0.6 is 0 Å². The largest absolute Gasteiger partial charge is 0.509 e. The molecule has 2 heterocycles. The summed E-state index contributed by atoms with van der Waals surface area (Å²) in [5.41, 5.74) is -1.83. The number of ether oxygens (including phenoxy) is 3. The Kier molecular flexibility index (Phi) is 5.01. The third-order valence-corrected chi connectivity index (χ3v) is 11.1. The molecule has 9 atom stereocenters. The Morgan fingerprint density at radius 2 is 1.76 bits per heavy atom. The summed E-state index contributed by atoms with van der Waals surface area (Å²) >= 11 is 0. The minimum absolute atomic E-state index is 0.0498. The van der Waals surface area contributed by atoms with Gasteiger partial charge in [0.25, 0.3) is 0 Å². The summed E-state index contributed by atoms with van der Waals surface area (Å²) in [5.74, 6) is -0.991. The molecule has 0 aromatic heterocycles. The van der Waals surface area contributed by atoms with E-state index in [1.54, 1.807) is 0 Å². The van der Waals surface area contributed by atoms with Gasteiger partial charge in [-0.2, -0.15) is 0 Å². The van der Waals surface area contributed by atoms with Gasteiger partial charge in [0.15, 0.2) is 20.0 Å². The van der Waals surface area contributed by atoms with E-state index in [9.17, 15) is 14.7 Å². The van der Waals surface area contributed by atoms with Crippen LogP contribution in [0.25, 0.3) is 0 Å². The molecule has 1 N–H and O–H groups in total. The molecular formula is C26H40O7Si. The van der Waals surface area contributed by atoms with Crippen LogP contribution in [0.3, 0.4) is 0 Å². The molecule has 0 aromatic rings. The normalized spacial score (nSPS) is 49.6. The van der Waals surface area contributed by atoms with E-state index in [2.05, 4.69) is 47.3 Å². The van der Waals surface area contributed by atoms with Crippen molar-refractivity contribution in [3.63, 3.8) is 0 Å². The number of hydrogen-bond acceptors (Lipinski definition) is 7. The van der Waals surface area contributed by atoms with Gasteiger partial charge in [-0.1, -0.05) is 34.6 Å². The molecule has 1 unspecified atom stereocenters. The average Bonchev–Trinajstić information content (AvgIpc) is 3.02. The van der Waals surface area contributed by atoms with Gasteiger partial charge in [-0.05, 0) is 50.0 Å². The van der Waals surface area contributed by atoms with Crippen molar-refractivity contribution in [1.29, 1.82) is 0 Å². The van der Waals surface area contributed by atoms with E-state index in [0.29, 0.717) is 12.8 Å². The number of hydrogen-bond donors (Lipinski definition) is 1. The lowest BCUT2D eigenvalue weighted by molar-refractivity contribution is -0.327. The van der Waals surface area contributed by atoms with Crippen LogP contribution in [-0.2, 0) is 23.4 Å². The molecule has 4 fully saturated rings. The molecule has 2 saturated carbocycles. The Balaban J connectivity index is 1.80. The maximum Gasteiger partial charge on any atom is 0.509 e. The van der Waals surface area contributed by atoms with Crippen LogP contribution in [0.15, 0.2) is 11.1 Å². The third-order valence-electron chi connectivity index (χ3n) is 10.1. The molecule has 5 aliphatic rings. The van der Waals surface area contributed by atoms with E-state index in [1.165, 1.54) is 0 Å². The number of ketones is 1. The molecule has 5 rings (SSSR count). The molecule has 34 heavy (non-hydrogen) atoms. The Labute approximate surface area is 203 Å². The predicted octanol–water partition coefficient (Wildman–Crippen LogP) is 4.24. The van der Waals surface area contributed by atoms with Crippen molar-refractivity contribution >= 4 is 20.3 Å². The minimum atomic E-state index is -1.97. The van der Waals surface area contributed by atoms with Crippen LogP contribution < -0.4 is 0 Å². The minimum Gasteiger partial charge on any atom is -0.426 e. The number of Topliss-reactive ketones (excluding diaryl/α,β-unsaturated/α-hetero) is 1. The molecule has 3 aliphatic carbocycles. The molecule has 0 radical (unpaired) electrons. The van der Waals surface area contributed by atoms with Gasteiger partial charge in [0, 0.05) is 29.1 Å². The lowest BCUT2D eigenvalue weighted by Gasteiger charge is -2.66. The Morgan fingerprint density at radius 1 is 1.12 bits per heavy atom. The maximum atomic E-state index is 14.5. The first kappa shape index (κ1) is 24.5. The van der Waals surface area contributed by atoms with Crippen LogP contribution in [0.5, 0.6) is 0 Å². The van der Waals surface area contributed by atoms with Crippen LogP contribution in [0.4, 0.5) is 4.79 Å². The predicted molar refractivity (Wildman–Crippen MR) is 128 cm³/mol. The summed E-state index contributed by atoms with van der Waals surface area (Å²) in [6, 6.07) is 0.